The number of hydrogen-bond acceptors (Lipinski definition) is 4. The van der Waals surface area contributed by atoms with Gasteiger partial charge in [0.15, 0.2) is 0 Å². The van der Waals surface area contributed by atoms with Crippen molar-refractivity contribution < 1.29 is 18.7 Å². The van der Waals surface area contributed by atoms with Gasteiger partial charge < -0.3 is 13.9 Å². The van der Waals surface area contributed by atoms with Crippen molar-refractivity contribution in [1.82, 2.24) is 0 Å². The van der Waals surface area contributed by atoms with Crippen molar-refractivity contribution in [2.24, 2.45) is 0 Å². The zero-order valence-electron chi connectivity index (χ0n) is 10.1. The molecule has 15 heavy (non-hydrogen) atoms. The third-order valence-electron chi connectivity index (χ3n) is 1.22. The summed E-state index contributed by atoms with van der Waals surface area (Å²) in [5, 5.41) is 0. The minimum Gasteiger partial charge on any atom is -0.520 e. The average molecular weight is 232 g/mol. The van der Waals surface area contributed by atoms with Gasteiger partial charge in [0.05, 0.1) is 13.2 Å². The van der Waals surface area contributed by atoms with Crippen molar-refractivity contribution >= 4 is 14.3 Å². The number of carbonyl (C=O) groups excluding carboxylic acids is 1. The number of hydrogen-bond donors (Lipinski definition) is 0. The lowest BCUT2D eigenvalue weighted by Crippen LogP contribution is -2.26. The monoisotopic (exact) mass is 232 g/mol. The van der Waals surface area contributed by atoms with E-state index in [1.807, 2.05) is 26.6 Å². The SMILES string of the molecule is CCOC(=O)C=C(OCC)O[Si](C)(C)C. The number of ether oxygens (including phenoxy) is 2. The smallest absolute Gasteiger partial charge is 0.337 e. The number of carbonyl (C=O) groups is 1. The highest BCUT2D eigenvalue weighted by Gasteiger charge is 2.19. The first-order valence-corrected chi connectivity index (χ1v) is 8.50. The Morgan fingerprint density at radius 1 is 1.13 bits per heavy atom. The summed E-state index contributed by atoms with van der Waals surface area (Å²) in [7, 11) is -1.75. The predicted octanol–water partition coefficient (Wildman–Crippen LogP) is 2.28. The Labute approximate surface area is 92.3 Å². The van der Waals surface area contributed by atoms with Gasteiger partial charge in [-0.15, -0.1) is 0 Å². The molecular weight excluding hydrogens is 212 g/mol. The van der Waals surface area contributed by atoms with Crippen LogP contribution in [0.1, 0.15) is 13.8 Å². The number of rotatable bonds is 6. The van der Waals surface area contributed by atoms with Crippen molar-refractivity contribution in [1.29, 1.82) is 0 Å². The molecule has 0 unspecified atom stereocenters. The summed E-state index contributed by atoms with van der Waals surface area (Å²) in [4.78, 5) is 11.2. The topological polar surface area (TPSA) is 44.8 Å². The van der Waals surface area contributed by atoms with Gasteiger partial charge in [0.2, 0.25) is 8.32 Å². The quantitative estimate of drug-likeness (QED) is 0.305. The highest BCUT2D eigenvalue weighted by Crippen LogP contribution is 2.11. The molecule has 0 rings (SSSR count). The first-order chi connectivity index (χ1) is 6.89. The molecule has 0 saturated carbocycles. The molecule has 0 spiro atoms. The van der Waals surface area contributed by atoms with E-state index in [0.717, 1.165) is 0 Å². The molecule has 0 amide bonds. The second-order valence-corrected chi connectivity index (χ2v) is 8.29. The van der Waals surface area contributed by atoms with E-state index in [-0.39, 0.29) is 5.95 Å². The zero-order chi connectivity index (χ0) is 11.9. The van der Waals surface area contributed by atoms with Gasteiger partial charge in [-0.3, -0.25) is 0 Å². The lowest BCUT2D eigenvalue weighted by molar-refractivity contribution is -0.137. The van der Waals surface area contributed by atoms with E-state index in [1.165, 1.54) is 6.08 Å². The molecule has 0 aromatic carbocycles. The molecule has 0 fully saturated rings. The van der Waals surface area contributed by atoms with Gasteiger partial charge in [-0.2, -0.15) is 0 Å². The van der Waals surface area contributed by atoms with E-state index in [0.29, 0.717) is 13.2 Å². The van der Waals surface area contributed by atoms with Crippen LogP contribution in [0.15, 0.2) is 12.0 Å². The molecule has 0 aliphatic rings. The Bertz CT molecular complexity index is 230. The molecule has 4 nitrogen and oxygen atoms in total. The lowest BCUT2D eigenvalue weighted by Gasteiger charge is -2.20. The van der Waals surface area contributed by atoms with Gasteiger partial charge in [-0.1, -0.05) is 0 Å². The molecule has 0 atom stereocenters. The first-order valence-electron chi connectivity index (χ1n) is 5.09. The van der Waals surface area contributed by atoms with Gasteiger partial charge >= 0.3 is 5.97 Å². The summed E-state index contributed by atoms with van der Waals surface area (Å²) < 4.78 is 15.6. The Morgan fingerprint density at radius 3 is 2.07 bits per heavy atom. The van der Waals surface area contributed by atoms with Gasteiger partial charge in [-0.05, 0) is 33.5 Å². The van der Waals surface area contributed by atoms with E-state index >= 15 is 0 Å². The Morgan fingerprint density at radius 2 is 1.67 bits per heavy atom. The minimum atomic E-state index is -1.75. The van der Waals surface area contributed by atoms with Crippen LogP contribution in [0.25, 0.3) is 0 Å². The second-order valence-electron chi connectivity index (χ2n) is 3.86. The fourth-order valence-corrected chi connectivity index (χ4v) is 1.55. The highest BCUT2D eigenvalue weighted by atomic mass is 28.4. The van der Waals surface area contributed by atoms with Crippen molar-refractivity contribution in [2.75, 3.05) is 13.2 Å². The fraction of sp³-hybridized carbons (Fsp3) is 0.700. The van der Waals surface area contributed by atoms with Crippen LogP contribution in [0.5, 0.6) is 0 Å². The Hall–Kier alpha value is -0.973. The van der Waals surface area contributed by atoms with Crippen molar-refractivity contribution in [3.8, 4) is 0 Å². The van der Waals surface area contributed by atoms with E-state index in [1.54, 1.807) is 6.92 Å². The predicted molar refractivity (Wildman–Crippen MR) is 60.8 cm³/mol. The molecule has 0 aromatic heterocycles. The molecule has 0 aromatic rings. The molecule has 0 saturated heterocycles. The van der Waals surface area contributed by atoms with Crippen molar-refractivity contribution in [3.63, 3.8) is 0 Å². The third-order valence-corrected chi connectivity index (χ3v) is 2.03. The van der Waals surface area contributed by atoms with E-state index in [2.05, 4.69) is 0 Å². The lowest BCUT2D eigenvalue weighted by atomic mass is 10.6. The van der Waals surface area contributed by atoms with E-state index < -0.39 is 14.3 Å². The molecule has 0 bridgehead atoms. The molecule has 0 radical (unpaired) electrons. The van der Waals surface area contributed by atoms with Gasteiger partial charge in [0.1, 0.15) is 6.08 Å². The molecule has 5 heteroatoms. The van der Waals surface area contributed by atoms with Crippen LogP contribution in [-0.2, 0) is 18.7 Å². The Balaban J connectivity index is 4.43. The summed E-state index contributed by atoms with van der Waals surface area (Å²) in [5.74, 6) is -0.172. The van der Waals surface area contributed by atoms with Crippen LogP contribution in [0.4, 0.5) is 0 Å². The van der Waals surface area contributed by atoms with Crippen LogP contribution in [0.3, 0.4) is 0 Å². The van der Waals surface area contributed by atoms with Crippen LogP contribution in [-0.4, -0.2) is 27.5 Å². The standard InChI is InChI=1S/C10H20O4Si/c1-6-12-9(11)8-10(13-7-2)14-15(3,4)5/h8H,6-7H2,1-5H3. The minimum absolute atomic E-state index is 0.259. The van der Waals surface area contributed by atoms with Crippen LogP contribution >= 0.6 is 0 Å². The third kappa shape index (κ3) is 8.05. The normalized spacial score (nSPS) is 12.2. The fourth-order valence-electron chi connectivity index (χ4n) is 0.825. The summed E-state index contributed by atoms with van der Waals surface area (Å²) >= 11 is 0. The van der Waals surface area contributed by atoms with Crippen molar-refractivity contribution in [3.05, 3.63) is 12.0 Å². The second kappa shape index (κ2) is 6.50. The van der Waals surface area contributed by atoms with E-state index in [4.69, 9.17) is 13.9 Å². The zero-order valence-corrected chi connectivity index (χ0v) is 11.1. The molecular formula is C10H20O4Si. The molecule has 88 valence electrons. The highest BCUT2D eigenvalue weighted by molar-refractivity contribution is 6.70. The maximum atomic E-state index is 11.2. The summed E-state index contributed by atoms with van der Waals surface area (Å²) in [6, 6.07) is 0. The Kier molecular flexibility index (Phi) is 6.08. The van der Waals surface area contributed by atoms with Crippen molar-refractivity contribution in [2.45, 2.75) is 33.5 Å². The summed E-state index contributed by atoms with van der Waals surface area (Å²) in [5.41, 5.74) is 0. The van der Waals surface area contributed by atoms with Crippen LogP contribution in [0, 0.1) is 0 Å². The number of esters is 1. The average Bonchev–Trinajstić information content (AvgIpc) is 2.01. The van der Waals surface area contributed by atoms with Crippen LogP contribution < -0.4 is 0 Å². The van der Waals surface area contributed by atoms with Gasteiger partial charge in [0, 0.05) is 0 Å². The summed E-state index contributed by atoms with van der Waals surface area (Å²) in [6.07, 6.45) is 1.26. The first kappa shape index (κ1) is 14.0. The molecule has 0 aliphatic carbocycles. The molecule has 0 heterocycles. The van der Waals surface area contributed by atoms with E-state index in [9.17, 15) is 4.79 Å². The molecule has 0 aliphatic heterocycles. The molecule has 0 N–H and O–H groups in total. The largest absolute Gasteiger partial charge is 0.520 e. The van der Waals surface area contributed by atoms with Gasteiger partial charge in [-0.25, -0.2) is 4.79 Å². The van der Waals surface area contributed by atoms with Crippen LogP contribution in [0.2, 0.25) is 19.6 Å². The maximum Gasteiger partial charge on any atom is 0.337 e. The summed E-state index contributed by atoms with van der Waals surface area (Å²) in [6.45, 7) is 10.5. The van der Waals surface area contributed by atoms with Gasteiger partial charge in [0.25, 0.3) is 5.95 Å². The maximum absolute atomic E-state index is 11.2.